The molecule has 352 valence electrons. The van der Waals surface area contributed by atoms with Crippen LogP contribution in [0.3, 0.4) is 0 Å². The highest BCUT2D eigenvalue weighted by molar-refractivity contribution is 7.99. The van der Waals surface area contributed by atoms with Crippen molar-refractivity contribution >= 4 is 23.5 Å². The van der Waals surface area contributed by atoms with Crippen molar-refractivity contribution in [2.75, 3.05) is 75.8 Å². The van der Waals surface area contributed by atoms with Crippen molar-refractivity contribution in [3.05, 3.63) is 85.2 Å². The van der Waals surface area contributed by atoms with Crippen molar-refractivity contribution in [3.8, 4) is 11.6 Å². The zero-order valence-electron chi connectivity index (χ0n) is 37.9. The van der Waals surface area contributed by atoms with Crippen molar-refractivity contribution in [2.45, 2.75) is 115 Å². The Labute approximate surface area is 385 Å². The van der Waals surface area contributed by atoms with Gasteiger partial charge in [-0.1, -0.05) is 86.6 Å². The molecule has 4 aromatic rings. The van der Waals surface area contributed by atoms with Crippen LogP contribution in [0.1, 0.15) is 81.9 Å². The lowest BCUT2D eigenvalue weighted by molar-refractivity contribution is -0.102. The van der Waals surface area contributed by atoms with Crippen molar-refractivity contribution in [2.24, 2.45) is 12.8 Å². The Balaban J connectivity index is 1.05. The lowest BCUT2D eigenvalue weighted by Crippen LogP contribution is -2.34. The second kappa shape index (κ2) is 34.3. The monoisotopic (exact) mass is 913 g/mol. The van der Waals surface area contributed by atoms with Gasteiger partial charge in [-0.15, -0.1) is 11.7 Å². The van der Waals surface area contributed by atoms with E-state index in [9.17, 15) is 5.11 Å². The number of thioether (sulfide) groups is 2. The van der Waals surface area contributed by atoms with E-state index < -0.39 is 6.10 Å². The van der Waals surface area contributed by atoms with Gasteiger partial charge in [0.05, 0.1) is 58.0 Å². The van der Waals surface area contributed by atoms with E-state index in [2.05, 4.69) is 49.8 Å². The normalized spacial score (nSPS) is 13.1. The van der Waals surface area contributed by atoms with Crippen LogP contribution in [0.25, 0.3) is 11.6 Å². The van der Waals surface area contributed by atoms with Crippen LogP contribution in [0, 0.1) is 0 Å². The third-order valence-corrected chi connectivity index (χ3v) is 12.6. The molecule has 0 amide bonds. The summed E-state index contributed by atoms with van der Waals surface area (Å²) in [6.07, 6.45) is 24.1. The van der Waals surface area contributed by atoms with Gasteiger partial charge < -0.3 is 43.7 Å². The summed E-state index contributed by atoms with van der Waals surface area (Å²) < 4.78 is 36.2. The molecule has 0 aliphatic carbocycles. The second-order valence-corrected chi connectivity index (χ2v) is 18.2. The van der Waals surface area contributed by atoms with Gasteiger partial charge in [0.25, 0.3) is 0 Å². The third-order valence-electron chi connectivity index (χ3n) is 10.3. The number of aromatic nitrogens is 7. The number of aliphatic hydroxyl groups is 1. The van der Waals surface area contributed by atoms with Gasteiger partial charge in [-0.3, -0.25) is 4.68 Å². The molecule has 0 saturated carbocycles. The summed E-state index contributed by atoms with van der Waals surface area (Å²) in [5.74, 6) is 5.70. The predicted octanol–water partition coefficient (Wildman–Crippen LogP) is 7.40. The van der Waals surface area contributed by atoms with Crippen LogP contribution in [0.2, 0.25) is 0 Å². The highest BCUT2D eigenvalue weighted by Gasteiger charge is 2.18. The predicted molar refractivity (Wildman–Crippen MR) is 256 cm³/mol. The number of unbranched alkanes of at least 4 members (excludes halogenated alkanes) is 8. The molecule has 3 atom stereocenters. The number of ether oxygens (including phenoxy) is 5. The number of hydrogen-bond donors (Lipinski definition) is 2. The summed E-state index contributed by atoms with van der Waals surface area (Å²) in [4.78, 5) is 8.94. The minimum absolute atomic E-state index is 0.175. The smallest absolute Gasteiger partial charge is 0.176 e. The highest BCUT2D eigenvalue weighted by Crippen LogP contribution is 2.17. The molecule has 16 heteroatoms. The summed E-state index contributed by atoms with van der Waals surface area (Å²) >= 11 is 3.79. The van der Waals surface area contributed by atoms with Crippen molar-refractivity contribution in [3.63, 3.8) is 0 Å². The number of imidazole rings is 2. The van der Waals surface area contributed by atoms with Crippen LogP contribution >= 0.6 is 23.5 Å². The van der Waals surface area contributed by atoms with Crippen molar-refractivity contribution < 1.29 is 28.8 Å². The molecule has 3 heterocycles. The lowest BCUT2D eigenvalue weighted by atomic mass is 10.1. The number of benzene rings is 1. The number of hydrogen-bond acceptors (Lipinski definition) is 13. The maximum absolute atomic E-state index is 10.6. The Morgan fingerprint density at radius 2 is 1.46 bits per heavy atom. The highest BCUT2D eigenvalue weighted by atomic mass is 32.2. The Morgan fingerprint density at radius 3 is 2.24 bits per heavy atom. The van der Waals surface area contributed by atoms with E-state index in [1.165, 1.54) is 51.4 Å². The number of nitrogens with zero attached hydrogens (tertiary/aromatic N) is 7. The molecule has 0 bridgehead atoms. The van der Waals surface area contributed by atoms with E-state index in [-0.39, 0.29) is 25.4 Å². The zero-order chi connectivity index (χ0) is 44.4. The van der Waals surface area contributed by atoms with Gasteiger partial charge in [0.15, 0.2) is 11.6 Å². The van der Waals surface area contributed by atoms with Gasteiger partial charge in [0, 0.05) is 69.9 Å². The fourth-order valence-electron chi connectivity index (χ4n) is 6.77. The van der Waals surface area contributed by atoms with Crippen molar-refractivity contribution in [1.82, 2.24) is 34.1 Å². The molecule has 3 aromatic heterocycles. The topological polar surface area (TPSA) is 159 Å². The van der Waals surface area contributed by atoms with Gasteiger partial charge in [-0.05, 0) is 55.1 Å². The maximum Gasteiger partial charge on any atom is 0.176 e. The molecule has 0 fully saturated rings. The van der Waals surface area contributed by atoms with E-state index in [0.29, 0.717) is 39.6 Å². The standard InChI is InChI=1S/C47H76N8O6S2/c1-3-28-57-37-44(38-59-34-41-18-12-11-13-19-41)61-39-45(60-36-43(56)35-58-29-17-32-62-31-16-21-48)40-63-30-15-10-8-6-4-5-7-9-14-24-55-33-42(51-52-55)20-25-54-27-23-50-47(54)46-49-22-26-53(46)2/h3,11-13,18-19,22-23,26-27,33,43-45,56H,1,4-10,14-17,20-21,24-25,28-32,34-40,48H2,2H3. The van der Waals surface area contributed by atoms with Crippen LogP contribution < -0.4 is 5.73 Å². The fourth-order valence-corrected chi connectivity index (χ4v) is 8.69. The number of nitrogens with two attached hydrogens (primary N) is 1. The van der Waals surface area contributed by atoms with E-state index in [4.69, 9.17) is 29.4 Å². The largest absolute Gasteiger partial charge is 0.388 e. The summed E-state index contributed by atoms with van der Waals surface area (Å²) in [6.45, 7) is 9.41. The van der Waals surface area contributed by atoms with Crippen molar-refractivity contribution in [1.29, 1.82) is 0 Å². The molecule has 3 unspecified atom stereocenters. The minimum Gasteiger partial charge on any atom is -0.388 e. The average molecular weight is 913 g/mol. The molecule has 63 heavy (non-hydrogen) atoms. The molecule has 0 radical (unpaired) electrons. The third kappa shape index (κ3) is 23.6. The first-order valence-electron chi connectivity index (χ1n) is 23.1. The van der Waals surface area contributed by atoms with Gasteiger partial charge in [-0.25, -0.2) is 9.97 Å². The van der Waals surface area contributed by atoms with Gasteiger partial charge >= 0.3 is 0 Å². The first-order chi connectivity index (χ1) is 31.1. The molecule has 4 rings (SSSR count). The van der Waals surface area contributed by atoms with Crippen LogP contribution in [0.4, 0.5) is 0 Å². The van der Waals surface area contributed by atoms with E-state index >= 15 is 0 Å². The van der Waals surface area contributed by atoms with Crippen LogP contribution in [-0.4, -0.2) is 133 Å². The van der Waals surface area contributed by atoms with E-state index in [1.54, 1.807) is 12.3 Å². The Bertz CT molecular complexity index is 1690. The molecule has 1 aromatic carbocycles. The lowest BCUT2D eigenvalue weighted by Gasteiger charge is -2.24. The van der Waals surface area contributed by atoms with Gasteiger partial charge in [0.2, 0.25) is 0 Å². The van der Waals surface area contributed by atoms with Gasteiger partial charge in [0.1, 0.15) is 12.2 Å². The summed E-state index contributed by atoms with van der Waals surface area (Å²) in [6, 6.07) is 10.1. The minimum atomic E-state index is -0.692. The number of aryl methyl sites for hydroxylation is 4. The molecular weight excluding hydrogens is 837 g/mol. The molecule has 0 spiro atoms. The quantitative estimate of drug-likeness (QED) is 0.0336. The molecule has 14 nitrogen and oxygen atoms in total. The molecule has 0 aliphatic heterocycles. The summed E-state index contributed by atoms with van der Waals surface area (Å²) in [5.41, 5.74) is 7.69. The number of aliphatic hydroxyl groups excluding tert-OH is 1. The van der Waals surface area contributed by atoms with Crippen LogP contribution in [-0.2, 0) is 56.8 Å². The Morgan fingerprint density at radius 1 is 0.746 bits per heavy atom. The molecule has 0 saturated heterocycles. The van der Waals surface area contributed by atoms with E-state index in [0.717, 1.165) is 91.2 Å². The fraction of sp³-hybridized carbons (Fsp3) is 0.660. The van der Waals surface area contributed by atoms with Crippen LogP contribution in [0.15, 0.2) is 74.0 Å². The SMILES string of the molecule is C=CCOCC(COCc1ccccc1)OCC(CSCCCCCCCCCCCn1cc(CCn2ccnc2-c2nccn2C)nn1)OCC(O)COCCCSCCCN. The number of rotatable bonds is 41. The zero-order valence-corrected chi connectivity index (χ0v) is 39.5. The summed E-state index contributed by atoms with van der Waals surface area (Å²) in [5, 5.41) is 19.4. The molecular formula is C47H76N8O6S2. The van der Waals surface area contributed by atoms with Gasteiger partial charge in [-0.2, -0.15) is 23.5 Å². The molecule has 0 aliphatic rings. The van der Waals surface area contributed by atoms with E-state index in [1.807, 2.05) is 76.6 Å². The Hall–Kier alpha value is -3.06. The summed E-state index contributed by atoms with van der Waals surface area (Å²) in [7, 11) is 1.98. The first-order valence-corrected chi connectivity index (χ1v) is 25.4. The maximum atomic E-state index is 10.6. The molecule has 3 N–H and O–H groups in total. The Kier molecular flexibility index (Phi) is 28.6. The first kappa shape index (κ1) is 52.6. The van der Waals surface area contributed by atoms with Crippen LogP contribution in [0.5, 0.6) is 0 Å². The average Bonchev–Trinajstić information content (AvgIpc) is 4.07. The second-order valence-electron chi connectivity index (χ2n) is 15.9.